The molecule has 0 aliphatic heterocycles. The summed E-state index contributed by atoms with van der Waals surface area (Å²) in [5.74, 6) is 0.0404. The number of carbonyl (C=O) groups excluding carboxylic acids is 1. The molecule has 0 spiro atoms. The van der Waals surface area contributed by atoms with E-state index < -0.39 is 0 Å². The third-order valence-corrected chi connectivity index (χ3v) is 4.17. The maximum absolute atomic E-state index is 12.5. The van der Waals surface area contributed by atoms with Crippen molar-refractivity contribution in [3.05, 3.63) is 70.2 Å². The molecular formula is C17H17BrClNO. The Balaban J connectivity index is 2.14. The van der Waals surface area contributed by atoms with Crippen molar-refractivity contribution in [2.75, 3.05) is 6.54 Å². The van der Waals surface area contributed by atoms with Crippen LogP contribution in [0.15, 0.2) is 48.5 Å². The van der Waals surface area contributed by atoms with Crippen LogP contribution in [0.2, 0.25) is 5.02 Å². The van der Waals surface area contributed by atoms with E-state index in [1.807, 2.05) is 60.4 Å². The van der Waals surface area contributed by atoms with Gasteiger partial charge in [0.2, 0.25) is 0 Å². The van der Waals surface area contributed by atoms with Gasteiger partial charge in [-0.15, -0.1) is 0 Å². The monoisotopic (exact) mass is 365 g/mol. The Labute approximate surface area is 138 Å². The van der Waals surface area contributed by atoms with E-state index in [-0.39, 0.29) is 5.91 Å². The summed E-state index contributed by atoms with van der Waals surface area (Å²) in [5, 5.41) is 1.49. The Bertz CT molecular complexity index is 612. The van der Waals surface area contributed by atoms with Crippen LogP contribution in [0.25, 0.3) is 0 Å². The van der Waals surface area contributed by atoms with E-state index in [2.05, 4.69) is 15.9 Å². The summed E-state index contributed by atoms with van der Waals surface area (Å²) >= 11 is 9.40. The molecule has 2 aromatic carbocycles. The number of halogens is 2. The van der Waals surface area contributed by atoms with E-state index in [1.54, 1.807) is 0 Å². The zero-order valence-electron chi connectivity index (χ0n) is 11.9. The van der Waals surface area contributed by atoms with Crippen LogP contribution in [0.5, 0.6) is 0 Å². The predicted molar refractivity (Wildman–Crippen MR) is 90.9 cm³/mol. The van der Waals surface area contributed by atoms with Crippen molar-refractivity contribution in [1.82, 2.24) is 4.90 Å². The summed E-state index contributed by atoms with van der Waals surface area (Å²) in [4.78, 5) is 14.4. The van der Waals surface area contributed by atoms with Crippen molar-refractivity contribution in [3.63, 3.8) is 0 Å². The SMILES string of the molecule is CCN(Cc1cccc(Cl)c1)C(=O)c1ccc(CBr)cc1. The Hall–Kier alpha value is -1.32. The highest BCUT2D eigenvalue weighted by atomic mass is 79.9. The van der Waals surface area contributed by atoms with Gasteiger partial charge in [0.25, 0.3) is 5.91 Å². The fourth-order valence-electron chi connectivity index (χ4n) is 2.10. The molecule has 0 unspecified atom stereocenters. The van der Waals surface area contributed by atoms with Crippen molar-refractivity contribution in [2.24, 2.45) is 0 Å². The Morgan fingerprint density at radius 1 is 1.14 bits per heavy atom. The van der Waals surface area contributed by atoms with Crippen molar-refractivity contribution in [3.8, 4) is 0 Å². The first kappa shape index (κ1) is 16.1. The minimum Gasteiger partial charge on any atom is -0.335 e. The van der Waals surface area contributed by atoms with Gasteiger partial charge in [0, 0.05) is 29.0 Å². The first-order chi connectivity index (χ1) is 10.1. The van der Waals surface area contributed by atoms with Crippen molar-refractivity contribution >= 4 is 33.4 Å². The second-order valence-electron chi connectivity index (χ2n) is 4.78. The quantitative estimate of drug-likeness (QED) is 0.689. The number of hydrogen-bond donors (Lipinski definition) is 0. The number of rotatable bonds is 5. The summed E-state index contributed by atoms with van der Waals surface area (Å²) in [7, 11) is 0. The van der Waals surface area contributed by atoms with Crippen LogP contribution in [0.4, 0.5) is 0 Å². The van der Waals surface area contributed by atoms with Gasteiger partial charge >= 0.3 is 0 Å². The van der Waals surface area contributed by atoms with E-state index in [1.165, 1.54) is 0 Å². The zero-order chi connectivity index (χ0) is 15.2. The molecule has 0 heterocycles. The summed E-state index contributed by atoms with van der Waals surface area (Å²) in [6.07, 6.45) is 0. The van der Waals surface area contributed by atoms with Crippen LogP contribution >= 0.6 is 27.5 Å². The molecule has 0 atom stereocenters. The van der Waals surface area contributed by atoms with Gasteiger partial charge in [-0.1, -0.05) is 51.8 Å². The molecule has 0 radical (unpaired) electrons. The molecular weight excluding hydrogens is 350 g/mol. The average Bonchev–Trinajstić information content (AvgIpc) is 2.52. The smallest absolute Gasteiger partial charge is 0.254 e. The van der Waals surface area contributed by atoms with E-state index >= 15 is 0 Å². The van der Waals surface area contributed by atoms with Crippen molar-refractivity contribution in [1.29, 1.82) is 0 Å². The third-order valence-electron chi connectivity index (χ3n) is 3.29. The van der Waals surface area contributed by atoms with Crippen LogP contribution in [-0.4, -0.2) is 17.4 Å². The lowest BCUT2D eigenvalue weighted by Gasteiger charge is -2.21. The Morgan fingerprint density at radius 2 is 1.86 bits per heavy atom. The molecule has 0 aliphatic rings. The normalized spacial score (nSPS) is 10.4. The molecule has 0 N–H and O–H groups in total. The highest BCUT2D eigenvalue weighted by Crippen LogP contribution is 2.15. The number of amides is 1. The highest BCUT2D eigenvalue weighted by Gasteiger charge is 2.14. The van der Waals surface area contributed by atoms with Crippen LogP contribution in [-0.2, 0) is 11.9 Å². The molecule has 21 heavy (non-hydrogen) atoms. The molecule has 4 heteroatoms. The van der Waals surface area contributed by atoms with Crippen LogP contribution in [0, 0.1) is 0 Å². The molecule has 2 nitrogen and oxygen atoms in total. The molecule has 2 rings (SSSR count). The van der Waals surface area contributed by atoms with Gasteiger partial charge in [0.15, 0.2) is 0 Å². The zero-order valence-corrected chi connectivity index (χ0v) is 14.2. The maximum atomic E-state index is 12.5. The maximum Gasteiger partial charge on any atom is 0.254 e. The van der Waals surface area contributed by atoms with Gasteiger partial charge in [-0.3, -0.25) is 4.79 Å². The molecule has 2 aromatic rings. The minimum atomic E-state index is 0.0404. The lowest BCUT2D eigenvalue weighted by molar-refractivity contribution is 0.0752. The predicted octanol–water partition coefficient (Wildman–Crippen LogP) is 4.90. The summed E-state index contributed by atoms with van der Waals surface area (Å²) in [6.45, 7) is 3.21. The van der Waals surface area contributed by atoms with Crippen LogP contribution in [0.1, 0.15) is 28.4 Å². The van der Waals surface area contributed by atoms with Crippen LogP contribution in [0.3, 0.4) is 0 Å². The van der Waals surface area contributed by atoms with E-state index in [0.717, 1.165) is 16.5 Å². The van der Waals surface area contributed by atoms with Gasteiger partial charge in [0.05, 0.1) is 0 Å². The van der Waals surface area contributed by atoms with Gasteiger partial charge < -0.3 is 4.90 Å². The number of benzene rings is 2. The van der Waals surface area contributed by atoms with Gasteiger partial charge in [-0.25, -0.2) is 0 Å². The second kappa shape index (κ2) is 7.62. The third kappa shape index (κ3) is 4.32. The fourth-order valence-corrected chi connectivity index (χ4v) is 2.69. The summed E-state index contributed by atoms with van der Waals surface area (Å²) < 4.78 is 0. The molecule has 0 aliphatic carbocycles. The number of alkyl halides is 1. The van der Waals surface area contributed by atoms with Gasteiger partial charge in [-0.05, 0) is 42.3 Å². The Morgan fingerprint density at radius 3 is 2.43 bits per heavy atom. The van der Waals surface area contributed by atoms with E-state index in [0.29, 0.717) is 23.7 Å². The fraction of sp³-hybridized carbons (Fsp3) is 0.235. The first-order valence-electron chi connectivity index (χ1n) is 6.82. The molecule has 0 saturated heterocycles. The second-order valence-corrected chi connectivity index (χ2v) is 5.78. The number of nitrogens with zero attached hydrogens (tertiary/aromatic N) is 1. The first-order valence-corrected chi connectivity index (χ1v) is 8.32. The van der Waals surface area contributed by atoms with Crippen molar-refractivity contribution < 1.29 is 4.79 Å². The number of hydrogen-bond acceptors (Lipinski definition) is 1. The Kier molecular flexibility index (Phi) is 5.83. The number of carbonyl (C=O) groups is 1. The molecule has 110 valence electrons. The van der Waals surface area contributed by atoms with Crippen molar-refractivity contribution in [2.45, 2.75) is 18.8 Å². The average molecular weight is 367 g/mol. The summed E-state index contributed by atoms with van der Waals surface area (Å²) in [6, 6.07) is 15.3. The molecule has 0 bridgehead atoms. The lowest BCUT2D eigenvalue weighted by atomic mass is 10.1. The summed E-state index contributed by atoms with van der Waals surface area (Å²) in [5.41, 5.74) is 2.91. The van der Waals surface area contributed by atoms with Gasteiger partial charge in [-0.2, -0.15) is 0 Å². The molecule has 0 aromatic heterocycles. The molecule has 0 saturated carbocycles. The molecule has 1 amide bonds. The highest BCUT2D eigenvalue weighted by molar-refractivity contribution is 9.08. The lowest BCUT2D eigenvalue weighted by Crippen LogP contribution is -2.30. The topological polar surface area (TPSA) is 20.3 Å². The van der Waals surface area contributed by atoms with E-state index in [9.17, 15) is 4.79 Å². The van der Waals surface area contributed by atoms with E-state index in [4.69, 9.17) is 11.6 Å². The van der Waals surface area contributed by atoms with Crippen LogP contribution < -0.4 is 0 Å². The molecule has 0 fully saturated rings. The largest absolute Gasteiger partial charge is 0.335 e. The minimum absolute atomic E-state index is 0.0404. The standard InChI is InChI=1S/C17H17BrClNO/c1-2-20(12-14-4-3-5-16(19)10-14)17(21)15-8-6-13(11-18)7-9-15/h3-10H,2,11-12H2,1H3. The van der Waals surface area contributed by atoms with Gasteiger partial charge in [0.1, 0.15) is 0 Å².